The van der Waals surface area contributed by atoms with Crippen LogP contribution in [-0.4, -0.2) is 22.1 Å². The van der Waals surface area contributed by atoms with Crippen LogP contribution in [0.1, 0.15) is 5.56 Å². The van der Waals surface area contributed by atoms with Gasteiger partial charge in [0.05, 0.1) is 7.11 Å². The molecule has 0 unspecified atom stereocenters. The van der Waals surface area contributed by atoms with Crippen molar-refractivity contribution >= 4 is 17.4 Å². The van der Waals surface area contributed by atoms with Crippen LogP contribution in [0.15, 0.2) is 30.7 Å². The van der Waals surface area contributed by atoms with Gasteiger partial charge in [-0.1, -0.05) is 11.6 Å². The van der Waals surface area contributed by atoms with Crippen molar-refractivity contribution in [2.75, 3.05) is 12.4 Å². The Hall–Kier alpha value is -1.88. The van der Waals surface area contributed by atoms with Gasteiger partial charge in [0.2, 0.25) is 5.88 Å². The Balaban J connectivity index is 2.02. The molecule has 0 radical (unpaired) electrons. The van der Waals surface area contributed by atoms with E-state index in [4.69, 9.17) is 16.3 Å². The van der Waals surface area contributed by atoms with E-state index >= 15 is 0 Å². The van der Waals surface area contributed by atoms with E-state index < -0.39 is 0 Å². The van der Waals surface area contributed by atoms with E-state index in [1.807, 2.05) is 12.1 Å². The second-order valence-electron chi connectivity index (χ2n) is 3.29. The lowest BCUT2D eigenvalue weighted by Gasteiger charge is -2.06. The van der Waals surface area contributed by atoms with Gasteiger partial charge >= 0.3 is 0 Å². The van der Waals surface area contributed by atoms with Crippen LogP contribution in [0.3, 0.4) is 0 Å². The molecule has 0 amide bonds. The van der Waals surface area contributed by atoms with Crippen LogP contribution in [0.5, 0.6) is 5.88 Å². The maximum Gasteiger partial charge on any atom is 0.213 e. The molecule has 0 aliphatic carbocycles. The van der Waals surface area contributed by atoms with Crippen LogP contribution in [0.2, 0.25) is 5.15 Å². The van der Waals surface area contributed by atoms with Crippen LogP contribution >= 0.6 is 11.6 Å². The second-order valence-corrected chi connectivity index (χ2v) is 3.67. The highest BCUT2D eigenvalue weighted by Crippen LogP contribution is 2.12. The third kappa shape index (κ3) is 3.29. The van der Waals surface area contributed by atoms with Crippen molar-refractivity contribution in [3.05, 3.63) is 41.4 Å². The van der Waals surface area contributed by atoms with E-state index in [1.54, 1.807) is 19.4 Å². The molecule has 0 aromatic carbocycles. The molecule has 2 rings (SSSR count). The predicted octanol–water partition coefficient (Wildman–Crippen LogP) is 2.15. The zero-order chi connectivity index (χ0) is 12.1. The number of anilines is 1. The van der Waals surface area contributed by atoms with Gasteiger partial charge < -0.3 is 10.1 Å². The Morgan fingerprint density at radius 3 is 2.94 bits per heavy atom. The van der Waals surface area contributed by atoms with Gasteiger partial charge in [0.1, 0.15) is 17.3 Å². The van der Waals surface area contributed by atoms with Crippen molar-refractivity contribution in [2.24, 2.45) is 0 Å². The molecule has 0 fully saturated rings. The van der Waals surface area contributed by atoms with Gasteiger partial charge in [-0.15, -0.1) is 0 Å². The number of ether oxygens (including phenoxy) is 1. The number of methoxy groups -OCH3 is 1. The summed E-state index contributed by atoms with van der Waals surface area (Å²) in [5.74, 6) is 1.27. The van der Waals surface area contributed by atoms with E-state index in [1.165, 1.54) is 6.33 Å². The first-order valence-electron chi connectivity index (χ1n) is 4.98. The Morgan fingerprint density at radius 1 is 1.29 bits per heavy atom. The van der Waals surface area contributed by atoms with Gasteiger partial charge in [-0.2, -0.15) is 0 Å². The molecule has 2 aromatic heterocycles. The Bertz CT molecular complexity index is 506. The summed E-state index contributed by atoms with van der Waals surface area (Å²) >= 11 is 5.75. The van der Waals surface area contributed by atoms with Crippen molar-refractivity contribution in [1.82, 2.24) is 15.0 Å². The number of pyridine rings is 1. The third-order valence-electron chi connectivity index (χ3n) is 2.12. The SMILES string of the molecule is COc1cc(CNc2cc(Cl)ncn2)ccn1. The number of rotatable bonds is 4. The molecule has 2 heterocycles. The zero-order valence-electron chi connectivity index (χ0n) is 9.22. The molecule has 0 atom stereocenters. The molecule has 0 aliphatic heterocycles. The molecule has 88 valence electrons. The fraction of sp³-hybridized carbons (Fsp3) is 0.182. The first kappa shape index (κ1) is 11.6. The average Bonchev–Trinajstić information content (AvgIpc) is 2.37. The standard InChI is InChI=1S/C11H11ClN4O/c1-17-11-4-8(2-3-13-11)6-14-10-5-9(12)15-7-16-10/h2-5,7H,6H2,1H3,(H,14,15,16). The Kier molecular flexibility index (Phi) is 3.72. The van der Waals surface area contributed by atoms with Gasteiger partial charge in [0.25, 0.3) is 0 Å². The van der Waals surface area contributed by atoms with E-state index in [9.17, 15) is 0 Å². The van der Waals surface area contributed by atoms with Crippen LogP contribution in [-0.2, 0) is 6.54 Å². The fourth-order valence-electron chi connectivity index (χ4n) is 1.29. The molecule has 0 bridgehead atoms. The number of nitrogens with zero attached hydrogens (tertiary/aromatic N) is 3. The molecule has 0 saturated heterocycles. The monoisotopic (exact) mass is 250 g/mol. The normalized spacial score (nSPS) is 10.0. The summed E-state index contributed by atoms with van der Waals surface area (Å²) < 4.78 is 5.04. The van der Waals surface area contributed by atoms with Crippen LogP contribution < -0.4 is 10.1 Å². The highest BCUT2D eigenvalue weighted by molar-refractivity contribution is 6.29. The lowest BCUT2D eigenvalue weighted by atomic mass is 10.2. The molecule has 17 heavy (non-hydrogen) atoms. The highest BCUT2D eigenvalue weighted by atomic mass is 35.5. The minimum absolute atomic E-state index is 0.412. The summed E-state index contributed by atoms with van der Waals surface area (Å²) in [6.07, 6.45) is 3.11. The summed E-state index contributed by atoms with van der Waals surface area (Å²) in [6.45, 7) is 0.617. The third-order valence-corrected chi connectivity index (χ3v) is 2.32. The smallest absolute Gasteiger partial charge is 0.213 e. The number of aromatic nitrogens is 3. The Morgan fingerprint density at radius 2 is 2.18 bits per heavy atom. The largest absolute Gasteiger partial charge is 0.481 e. The van der Waals surface area contributed by atoms with Crippen molar-refractivity contribution in [3.63, 3.8) is 0 Å². The average molecular weight is 251 g/mol. The summed E-state index contributed by atoms with van der Waals surface area (Å²) in [5, 5.41) is 3.55. The van der Waals surface area contributed by atoms with E-state index in [0.29, 0.717) is 23.4 Å². The number of hydrogen-bond acceptors (Lipinski definition) is 5. The highest BCUT2D eigenvalue weighted by Gasteiger charge is 1.99. The molecule has 0 saturated carbocycles. The summed E-state index contributed by atoms with van der Waals surface area (Å²) in [5.41, 5.74) is 1.05. The van der Waals surface area contributed by atoms with Gasteiger partial charge in [-0.25, -0.2) is 15.0 Å². The summed E-state index contributed by atoms with van der Waals surface area (Å²) in [4.78, 5) is 11.9. The predicted molar refractivity (Wildman–Crippen MR) is 65.2 cm³/mol. The lowest BCUT2D eigenvalue weighted by molar-refractivity contribution is 0.397. The van der Waals surface area contributed by atoms with E-state index in [0.717, 1.165) is 5.56 Å². The number of halogens is 1. The Labute approximate surface area is 104 Å². The molecular weight excluding hydrogens is 240 g/mol. The molecule has 0 spiro atoms. The minimum Gasteiger partial charge on any atom is -0.481 e. The topological polar surface area (TPSA) is 59.9 Å². The van der Waals surface area contributed by atoms with Gasteiger partial charge in [0, 0.05) is 24.9 Å². The first-order chi connectivity index (χ1) is 8.28. The van der Waals surface area contributed by atoms with Crippen LogP contribution in [0, 0.1) is 0 Å². The van der Waals surface area contributed by atoms with Gasteiger partial charge in [0.15, 0.2) is 0 Å². The zero-order valence-corrected chi connectivity index (χ0v) is 9.98. The number of nitrogens with one attached hydrogen (secondary N) is 1. The summed E-state index contributed by atoms with van der Waals surface area (Å²) in [7, 11) is 1.59. The lowest BCUT2D eigenvalue weighted by Crippen LogP contribution is -2.02. The van der Waals surface area contributed by atoms with Gasteiger partial charge in [-0.05, 0) is 11.6 Å². The van der Waals surface area contributed by atoms with E-state index in [-0.39, 0.29) is 0 Å². The van der Waals surface area contributed by atoms with Crippen LogP contribution in [0.25, 0.3) is 0 Å². The molecule has 5 nitrogen and oxygen atoms in total. The molecule has 2 aromatic rings. The molecular formula is C11H11ClN4O. The molecule has 0 aliphatic rings. The first-order valence-corrected chi connectivity index (χ1v) is 5.36. The molecule has 6 heteroatoms. The maximum absolute atomic E-state index is 5.75. The van der Waals surface area contributed by atoms with E-state index in [2.05, 4.69) is 20.3 Å². The van der Waals surface area contributed by atoms with Crippen molar-refractivity contribution in [2.45, 2.75) is 6.54 Å². The van der Waals surface area contributed by atoms with Crippen molar-refractivity contribution in [1.29, 1.82) is 0 Å². The minimum atomic E-state index is 0.412. The molecule has 1 N–H and O–H groups in total. The van der Waals surface area contributed by atoms with Crippen molar-refractivity contribution in [3.8, 4) is 5.88 Å². The van der Waals surface area contributed by atoms with Gasteiger partial charge in [-0.3, -0.25) is 0 Å². The van der Waals surface area contributed by atoms with Crippen LogP contribution in [0.4, 0.5) is 5.82 Å². The number of hydrogen-bond donors (Lipinski definition) is 1. The summed E-state index contributed by atoms with van der Waals surface area (Å²) in [6, 6.07) is 5.42. The quantitative estimate of drug-likeness (QED) is 0.843. The van der Waals surface area contributed by atoms with Crippen molar-refractivity contribution < 1.29 is 4.74 Å². The fourth-order valence-corrected chi connectivity index (χ4v) is 1.44. The maximum atomic E-state index is 5.75. The second kappa shape index (κ2) is 5.45.